The predicted octanol–water partition coefficient (Wildman–Crippen LogP) is 2.38. The Kier molecular flexibility index (Phi) is 8.60. The second kappa shape index (κ2) is 9.99. The van der Waals surface area contributed by atoms with Crippen molar-refractivity contribution in [1.29, 1.82) is 0 Å². The van der Waals surface area contributed by atoms with Gasteiger partial charge in [0.2, 0.25) is 0 Å². The summed E-state index contributed by atoms with van der Waals surface area (Å²) >= 11 is 3.43. The van der Waals surface area contributed by atoms with Crippen molar-refractivity contribution < 1.29 is 24.1 Å². The number of hydrogen-bond donors (Lipinski definition) is 1. The molecule has 0 fully saturated rings. The average Bonchev–Trinajstić information content (AvgIpc) is 2.44. The molecule has 1 N–H and O–H groups in total. The van der Waals surface area contributed by atoms with Gasteiger partial charge < -0.3 is 24.1 Å². The SMILES string of the molecule is CCOc1cc(CO)cc(Br)c1OCCOCCOC. The zero-order chi connectivity index (χ0) is 14.8. The molecule has 1 aromatic rings. The Balaban J connectivity index is 2.58. The molecule has 0 spiro atoms. The Hall–Kier alpha value is -0.820. The molecule has 0 aliphatic rings. The third kappa shape index (κ3) is 5.66. The van der Waals surface area contributed by atoms with E-state index in [-0.39, 0.29) is 6.61 Å². The minimum absolute atomic E-state index is 0.0426. The van der Waals surface area contributed by atoms with E-state index in [1.165, 1.54) is 0 Å². The summed E-state index contributed by atoms with van der Waals surface area (Å²) in [7, 11) is 1.63. The van der Waals surface area contributed by atoms with Crippen molar-refractivity contribution in [2.24, 2.45) is 0 Å². The molecule has 0 aromatic heterocycles. The van der Waals surface area contributed by atoms with E-state index in [4.69, 9.17) is 18.9 Å². The monoisotopic (exact) mass is 348 g/mol. The molecule has 0 heterocycles. The molecule has 0 aliphatic carbocycles. The third-order valence-electron chi connectivity index (χ3n) is 2.46. The topological polar surface area (TPSA) is 57.2 Å². The maximum absolute atomic E-state index is 9.19. The van der Waals surface area contributed by atoms with Gasteiger partial charge in [-0.25, -0.2) is 0 Å². The van der Waals surface area contributed by atoms with Crippen molar-refractivity contribution in [3.63, 3.8) is 0 Å². The third-order valence-corrected chi connectivity index (χ3v) is 3.05. The molecule has 1 rings (SSSR count). The van der Waals surface area contributed by atoms with Gasteiger partial charge in [-0.1, -0.05) is 0 Å². The number of rotatable bonds is 10. The van der Waals surface area contributed by atoms with E-state index in [9.17, 15) is 5.11 Å². The highest BCUT2D eigenvalue weighted by molar-refractivity contribution is 9.10. The summed E-state index contributed by atoms with van der Waals surface area (Å²) in [5.41, 5.74) is 0.768. The summed E-state index contributed by atoms with van der Waals surface area (Å²) < 4.78 is 22.2. The van der Waals surface area contributed by atoms with Crippen LogP contribution in [0.5, 0.6) is 11.5 Å². The van der Waals surface area contributed by atoms with Crippen LogP contribution in [0.3, 0.4) is 0 Å². The smallest absolute Gasteiger partial charge is 0.175 e. The normalized spacial score (nSPS) is 10.6. The summed E-state index contributed by atoms with van der Waals surface area (Å²) in [6, 6.07) is 3.58. The molecule has 0 saturated carbocycles. The van der Waals surface area contributed by atoms with Crippen molar-refractivity contribution in [1.82, 2.24) is 0 Å². The van der Waals surface area contributed by atoms with Crippen LogP contribution >= 0.6 is 15.9 Å². The van der Waals surface area contributed by atoms with E-state index in [2.05, 4.69) is 15.9 Å². The van der Waals surface area contributed by atoms with Crippen LogP contribution in [-0.2, 0) is 16.1 Å². The highest BCUT2D eigenvalue weighted by atomic mass is 79.9. The van der Waals surface area contributed by atoms with E-state index >= 15 is 0 Å². The first kappa shape index (κ1) is 17.2. The first-order valence-corrected chi connectivity index (χ1v) is 7.27. The zero-order valence-corrected chi connectivity index (χ0v) is 13.4. The van der Waals surface area contributed by atoms with Crippen molar-refractivity contribution in [3.8, 4) is 11.5 Å². The molecule has 5 nitrogen and oxygen atoms in total. The van der Waals surface area contributed by atoms with Crippen molar-refractivity contribution in [2.45, 2.75) is 13.5 Å². The van der Waals surface area contributed by atoms with Crippen LogP contribution in [0.1, 0.15) is 12.5 Å². The standard InChI is InChI=1S/C14H21BrO5/c1-3-19-13-9-11(10-16)8-12(15)14(13)20-7-6-18-5-4-17-2/h8-9,16H,3-7,10H2,1-2H3. The molecule has 114 valence electrons. The Labute approximate surface area is 127 Å². The maximum atomic E-state index is 9.19. The van der Waals surface area contributed by atoms with Crippen LogP contribution in [0.4, 0.5) is 0 Å². The molecular weight excluding hydrogens is 328 g/mol. The molecule has 0 saturated heterocycles. The number of halogens is 1. The summed E-state index contributed by atoms with van der Waals surface area (Å²) in [6.45, 7) is 4.39. The van der Waals surface area contributed by atoms with Crippen LogP contribution in [0.2, 0.25) is 0 Å². The molecule has 1 aromatic carbocycles. The lowest BCUT2D eigenvalue weighted by atomic mass is 10.2. The summed E-state index contributed by atoms with van der Waals surface area (Å²) in [5.74, 6) is 1.24. The molecule has 0 aliphatic heterocycles. The highest BCUT2D eigenvalue weighted by Gasteiger charge is 2.12. The maximum Gasteiger partial charge on any atom is 0.175 e. The summed E-state index contributed by atoms with van der Waals surface area (Å²) in [4.78, 5) is 0. The quantitative estimate of drug-likeness (QED) is 0.658. The van der Waals surface area contributed by atoms with Gasteiger partial charge in [0.05, 0.1) is 37.5 Å². The van der Waals surface area contributed by atoms with Crippen LogP contribution in [0, 0.1) is 0 Å². The van der Waals surface area contributed by atoms with E-state index in [0.717, 1.165) is 10.0 Å². The van der Waals surface area contributed by atoms with Crippen molar-refractivity contribution >= 4 is 15.9 Å². The minimum Gasteiger partial charge on any atom is -0.490 e. The summed E-state index contributed by atoms with van der Waals surface area (Å²) in [5, 5.41) is 9.19. The lowest BCUT2D eigenvalue weighted by Crippen LogP contribution is -2.11. The number of ether oxygens (including phenoxy) is 4. The van der Waals surface area contributed by atoms with Crippen molar-refractivity contribution in [3.05, 3.63) is 22.2 Å². The molecule has 0 amide bonds. The van der Waals surface area contributed by atoms with Gasteiger partial charge >= 0.3 is 0 Å². The minimum atomic E-state index is -0.0426. The van der Waals surface area contributed by atoms with Crippen LogP contribution in [0.15, 0.2) is 16.6 Å². The van der Waals surface area contributed by atoms with Gasteiger partial charge in [-0.15, -0.1) is 0 Å². The van der Waals surface area contributed by atoms with Gasteiger partial charge in [-0.2, -0.15) is 0 Å². The molecule has 0 bridgehead atoms. The van der Waals surface area contributed by atoms with Gasteiger partial charge in [0.25, 0.3) is 0 Å². The first-order valence-electron chi connectivity index (χ1n) is 6.48. The second-order valence-corrected chi connectivity index (χ2v) is 4.80. The van der Waals surface area contributed by atoms with Crippen LogP contribution in [-0.4, -0.2) is 45.3 Å². The molecule has 6 heteroatoms. The number of hydrogen-bond acceptors (Lipinski definition) is 5. The fourth-order valence-electron chi connectivity index (χ4n) is 1.56. The number of methoxy groups -OCH3 is 1. The molecular formula is C14H21BrO5. The van der Waals surface area contributed by atoms with Gasteiger partial charge in [0.15, 0.2) is 11.5 Å². The Bertz CT molecular complexity index is 397. The van der Waals surface area contributed by atoms with E-state index in [1.807, 2.05) is 13.0 Å². The van der Waals surface area contributed by atoms with Gasteiger partial charge in [-0.05, 0) is 40.5 Å². The Morgan fingerprint density at radius 1 is 1.10 bits per heavy atom. The fourth-order valence-corrected chi connectivity index (χ4v) is 2.17. The van der Waals surface area contributed by atoms with Gasteiger partial charge in [0, 0.05) is 7.11 Å². The van der Waals surface area contributed by atoms with Crippen molar-refractivity contribution in [2.75, 3.05) is 40.1 Å². The van der Waals surface area contributed by atoms with Crippen LogP contribution in [0.25, 0.3) is 0 Å². The zero-order valence-electron chi connectivity index (χ0n) is 11.9. The number of benzene rings is 1. The molecule has 20 heavy (non-hydrogen) atoms. The summed E-state index contributed by atoms with van der Waals surface area (Å²) in [6.07, 6.45) is 0. The average molecular weight is 349 g/mol. The van der Waals surface area contributed by atoms with Gasteiger partial charge in [-0.3, -0.25) is 0 Å². The predicted molar refractivity (Wildman–Crippen MR) is 79.4 cm³/mol. The molecule has 0 radical (unpaired) electrons. The second-order valence-electron chi connectivity index (χ2n) is 3.95. The highest BCUT2D eigenvalue weighted by Crippen LogP contribution is 2.36. The van der Waals surface area contributed by atoms with Gasteiger partial charge in [0.1, 0.15) is 6.61 Å². The first-order chi connectivity index (χ1) is 9.72. The Morgan fingerprint density at radius 2 is 1.85 bits per heavy atom. The largest absolute Gasteiger partial charge is 0.490 e. The number of aliphatic hydroxyl groups excluding tert-OH is 1. The van der Waals surface area contributed by atoms with E-state index in [0.29, 0.717) is 44.5 Å². The molecule has 0 unspecified atom stereocenters. The Morgan fingerprint density at radius 3 is 2.50 bits per heavy atom. The number of aliphatic hydroxyl groups is 1. The lowest BCUT2D eigenvalue weighted by Gasteiger charge is -2.15. The van der Waals surface area contributed by atoms with E-state index < -0.39 is 0 Å². The van der Waals surface area contributed by atoms with Crippen LogP contribution < -0.4 is 9.47 Å². The lowest BCUT2D eigenvalue weighted by molar-refractivity contribution is 0.0537. The fraction of sp³-hybridized carbons (Fsp3) is 0.571. The molecule has 0 atom stereocenters. The van der Waals surface area contributed by atoms with E-state index in [1.54, 1.807) is 13.2 Å².